The molecule has 0 heterocycles. The van der Waals surface area contributed by atoms with Crippen LogP contribution in [-0.4, -0.2) is 20.4 Å². The lowest BCUT2D eigenvalue weighted by Gasteiger charge is -2.18. The molecule has 0 aromatic heterocycles. The SMILES string of the molecule is NC(=O)[C@H]1CCC[C@H]1NS(=O)(=O)c1cccc(F)c1F. The maximum Gasteiger partial charge on any atom is 0.243 e. The molecule has 1 aliphatic carbocycles. The van der Waals surface area contributed by atoms with E-state index in [1.807, 2.05) is 0 Å². The van der Waals surface area contributed by atoms with Crippen molar-refractivity contribution in [1.82, 2.24) is 4.72 Å². The quantitative estimate of drug-likeness (QED) is 0.866. The first-order valence-electron chi connectivity index (χ1n) is 6.08. The molecule has 20 heavy (non-hydrogen) atoms. The highest BCUT2D eigenvalue weighted by atomic mass is 32.2. The number of primary amides is 1. The second-order valence-corrected chi connectivity index (χ2v) is 6.40. The molecule has 8 heteroatoms. The summed E-state index contributed by atoms with van der Waals surface area (Å²) in [6.45, 7) is 0. The van der Waals surface area contributed by atoms with Gasteiger partial charge in [0.05, 0.1) is 5.92 Å². The van der Waals surface area contributed by atoms with E-state index in [1.54, 1.807) is 0 Å². The molecular formula is C12H14F2N2O3S. The van der Waals surface area contributed by atoms with Crippen molar-refractivity contribution in [3.05, 3.63) is 29.8 Å². The highest BCUT2D eigenvalue weighted by Gasteiger charge is 2.35. The summed E-state index contributed by atoms with van der Waals surface area (Å²) in [5, 5.41) is 0. The van der Waals surface area contributed by atoms with Gasteiger partial charge >= 0.3 is 0 Å². The third kappa shape index (κ3) is 2.80. The number of nitrogens with two attached hydrogens (primary N) is 1. The highest BCUT2D eigenvalue weighted by Crippen LogP contribution is 2.27. The highest BCUT2D eigenvalue weighted by molar-refractivity contribution is 7.89. The van der Waals surface area contributed by atoms with Crippen LogP contribution < -0.4 is 10.5 Å². The van der Waals surface area contributed by atoms with Crippen LogP contribution in [0.2, 0.25) is 0 Å². The molecule has 2 atom stereocenters. The number of benzene rings is 1. The summed E-state index contributed by atoms with van der Waals surface area (Å²) in [7, 11) is -4.24. The molecular weight excluding hydrogens is 290 g/mol. The third-order valence-corrected chi connectivity index (χ3v) is 4.90. The number of nitrogens with one attached hydrogen (secondary N) is 1. The van der Waals surface area contributed by atoms with Gasteiger partial charge in [0.15, 0.2) is 11.6 Å². The topological polar surface area (TPSA) is 89.3 Å². The summed E-state index contributed by atoms with van der Waals surface area (Å²) >= 11 is 0. The van der Waals surface area contributed by atoms with Crippen LogP contribution in [0, 0.1) is 17.6 Å². The second kappa shape index (κ2) is 5.45. The van der Waals surface area contributed by atoms with Gasteiger partial charge in [0.25, 0.3) is 0 Å². The Kier molecular flexibility index (Phi) is 4.05. The van der Waals surface area contributed by atoms with Gasteiger partial charge in [-0.2, -0.15) is 0 Å². The molecule has 0 unspecified atom stereocenters. The van der Waals surface area contributed by atoms with Crippen LogP contribution in [0.1, 0.15) is 19.3 Å². The molecule has 1 aromatic rings. The van der Waals surface area contributed by atoms with E-state index in [4.69, 9.17) is 5.73 Å². The number of sulfonamides is 1. The van der Waals surface area contributed by atoms with Crippen LogP contribution in [0.4, 0.5) is 8.78 Å². The number of carbonyl (C=O) groups is 1. The number of rotatable bonds is 4. The predicted molar refractivity (Wildman–Crippen MR) is 67.0 cm³/mol. The molecule has 1 fully saturated rings. The average molecular weight is 304 g/mol. The van der Waals surface area contributed by atoms with Crippen molar-refractivity contribution in [3.63, 3.8) is 0 Å². The molecule has 0 radical (unpaired) electrons. The molecule has 1 saturated carbocycles. The summed E-state index contributed by atoms with van der Waals surface area (Å²) in [6.07, 6.45) is 1.56. The summed E-state index contributed by atoms with van der Waals surface area (Å²) in [5.41, 5.74) is 5.19. The Labute approximate surface area is 115 Å². The van der Waals surface area contributed by atoms with Crippen molar-refractivity contribution in [1.29, 1.82) is 0 Å². The van der Waals surface area contributed by atoms with Crippen molar-refractivity contribution in [2.45, 2.75) is 30.2 Å². The summed E-state index contributed by atoms with van der Waals surface area (Å²) in [6, 6.07) is 2.22. The second-order valence-electron chi connectivity index (χ2n) is 4.72. The number of halogens is 2. The Morgan fingerprint density at radius 2 is 2.00 bits per heavy atom. The predicted octanol–water partition coefficient (Wildman–Crippen LogP) is 0.897. The standard InChI is InChI=1S/C12H14F2N2O3S/c13-8-4-2-6-10(11(8)14)20(18,19)16-9-5-1-3-7(9)12(15)17/h2,4,6-7,9,16H,1,3,5H2,(H2,15,17)/t7-,9+/m0/s1. The Morgan fingerprint density at radius 1 is 1.30 bits per heavy atom. The van der Waals surface area contributed by atoms with E-state index in [0.29, 0.717) is 19.3 Å². The number of carbonyl (C=O) groups excluding carboxylic acids is 1. The van der Waals surface area contributed by atoms with Gasteiger partial charge in [-0.25, -0.2) is 21.9 Å². The molecule has 0 spiro atoms. The minimum absolute atomic E-state index is 0.434. The lowest BCUT2D eigenvalue weighted by molar-refractivity contribution is -0.122. The van der Waals surface area contributed by atoms with E-state index >= 15 is 0 Å². The Bertz CT molecular complexity index is 634. The van der Waals surface area contributed by atoms with Crippen molar-refractivity contribution in [2.75, 3.05) is 0 Å². The minimum atomic E-state index is -4.24. The van der Waals surface area contributed by atoms with Crippen LogP contribution in [0.5, 0.6) is 0 Å². The molecule has 1 aliphatic rings. The molecule has 0 saturated heterocycles. The lowest BCUT2D eigenvalue weighted by atomic mass is 10.0. The third-order valence-electron chi connectivity index (χ3n) is 3.39. The summed E-state index contributed by atoms with van der Waals surface area (Å²) in [4.78, 5) is 10.4. The molecule has 5 nitrogen and oxygen atoms in total. The van der Waals surface area contributed by atoms with Gasteiger partial charge in [-0.15, -0.1) is 0 Å². The number of amides is 1. The van der Waals surface area contributed by atoms with Gasteiger partial charge in [-0.3, -0.25) is 4.79 Å². The first kappa shape index (κ1) is 14.9. The van der Waals surface area contributed by atoms with Crippen LogP contribution in [0.15, 0.2) is 23.1 Å². The molecule has 0 aliphatic heterocycles. The maximum absolute atomic E-state index is 13.5. The Hall–Kier alpha value is -1.54. The van der Waals surface area contributed by atoms with Crippen molar-refractivity contribution < 1.29 is 22.0 Å². The fraction of sp³-hybridized carbons (Fsp3) is 0.417. The largest absolute Gasteiger partial charge is 0.369 e. The first-order chi connectivity index (χ1) is 9.33. The lowest BCUT2D eigenvalue weighted by Crippen LogP contribution is -2.42. The van der Waals surface area contributed by atoms with E-state index in [1.165, 1.54) is 0 Å². The number of hydrogen-bond acceptors (Lipinski definition) is 3. The van der Waals surface area contributed by atoms with E-state index < -0.39 is 44.4 Å². The van der Waals surface area contributed by atoms with Gasteiger partial charge in [0.1, 0.15) is 4.90 Å². The van der Waals surface area contributed by atoms with E-state index in [9.17, 15) is 22.0 Å². The molecule has 2 rings (SSSR count). The molecule has 110 valence electrons. The number of hydrogen-bond donors (Lipinski definition) is 2. The van der Waals surface area contributed by atoms with Crippen LogP contribution in [-0.2, 0) is 14.8 Å². The average Bonchev–Trinajstić information content (AvgIpc) is 2.79. The molecule has 0 bridgehead atoms. The fourth-order valence-electron chi connectivity index (χ4n) is 2.40. The Morgan fingerprint density at radius 3 is 2.65 bits per heavy atom. The van der Waals surface area contributed by atoms with Crippen LogP contribution in [0.3, 0.4) is 0 Å². The monoisotopic (exact) mass is 304 g/mol. The zero-order valence-electron chi connectivity index (χ0n) is 10.5. The summed E-state index contributed by atoms with van der Waals surface area (Å²) in [5.74, 6) is -3.91. The molecule has 1 aromatic carbocycles. The normalized spacial score (nSPS) is 22.9. The molecule has 1 amide bonds. The van der Waals surface area contributed by atoms with Gasteiger partial charge in [-0.1, -0.05) is 12.5 Å². The van der Waals surface area contributed by atoms with Gasteiger partial charge < -0.3 is 5.73 Å². The zero-order valence-corrected chi connectivity index (χ0v) is 11.3. The van der Waals surface area contributed by atoms with Gasteiger partial charge in [0.2, 0.25) is 15.9 Å². The van der Waals surface area contributed by atoms with Gasteiger partial charge in [-0.05, 0) is 25.0 Å². The van der Waals surface area contributed by atoms with Gasteiger partial charge in [0, 0.05) is 6.04 Å². The zero-order chi connectivity index (χ0) is 14.9. The molecule has 3 N–H and O–H groups in total. The van der Waals surface area contributed by atoms with Crippen LogP contribution in [0.25, 0.3) is 0 Å². The van der Waals surface area contributed by atoms with Crippen LogP contribution >= 0.6 is 0 Å². The Balaban J connectivity index is 2.28. The maximum atomic E-state index is 13.5. The van der Waals surface area contributed by atoms with Crippen molar-refractivity contribution in [2.24, 2.45) is 11.7 Å². The van der Waals surface area contributed by atoms with E-state index in [-0.39, 0.29) is 0 Å². The van der Waals surface area contributed by atoms with Crippen molar-refractivity contribution in [3.8, 4) is 0 Å². The fourth-order valence-corrected chi connectivity index (χ4v) is 3.79. The smallest absolute Gasteiger partial charge is 0.243 e. The van der Waals surface area contributed by atoms with E-state index in [0.717, 1.165) is 18.2 Å². The summed E-state index contributed by atoms with van der Waals surface area (Å²) < 4.78 is 53.0. The van der Waals surface area contributed by atoms with E-state index in [2.05, 4.69) is 4.72 Å². The van der Waals surface area contributed by atoms with Crippen molar-refractivity contribution >= 4 is 15.9 Å². The minimum Gasteiger partial charge on any atom is -0.369 e. The first-order valence-corrected chi connectivity index (χ1v) is 7.57.